The molecule has 29 heavy (non-hydrogen) atoms. The summed E-state index contributed by atoms with van der Waals surface area (Å²) in [5, 5.41) is 5.92. The number of benzene rings is 2. The van der Waals surface area contributed by atoms with Gasteiger partial charge in [-0.05, 0) is 42.5 Å². The Labute approximate surface area is 168 Å². The summed E-state index contributed by atoms with van der Waals surface area (Å²) in [6.07, 6.45) is 0. The first kappa shape index (κ1) is 20.6. The third-order valence-electron chi connectivity index (χ3n) is 3.74. The fourth-order valence-electron chi connectivity index (χ4n) is 2.33. The number of anilines is 1. The van der Waals surface area contributed by atoms with Gasteiger partial charge in [0.2, 0.25) is 15.7 Å². The summed E-state index contributed by atoms with van der Waals surface area (Å²) in [5.41, 5.74) is -0.757. The molecular weight excluding hydrogens is 428 g/mol. The number of amides is 1. The molecule has 1 amide bonds. The molecule has 3 aromatic rings. The maximum absolute atomic E-state index is 13.2. The van der Waals surface area contributed by atoms with E-state index in [4.69, 9.17) is 11.6 Å². The SMILES string of the molecule is O=C(Cn1nc(S(=O)(=O)c2ccc(Cl)cc2)ccc1=O)Nc1ccc(F)c(F)c1. The topological polar surface area (TPSA) is 98.1 Å². The number of rotatable bonds is 5. The highest BCUT2D eigenvalue weighted by molar-refractivity contribution is 7.91. The van der Waals surface area contributed by atoms with Gasteiger partial charge in [0, 0.05) is 22.8 Å². The summed E-state index contributed by atoms with van der Waals surface area (Å²) in [6.45, 7) is -0.637. The zero-order valence-electron chi connectivity index (χ0n) is 14.5. The van der Waals surface area contributed by atoms with Gasteiger partial charge >= 0.3 is 0 Å². The van der Waals surface area contributed by atoms with Gasteiger partial charge < -0.3 is 5.32 Å². The van der Waals surface area contributed by atoms with E-state index in [-0.39, 0.29) is 10.6 Å². The van der Waals surface area contributed by atoms with Crippen LogP contribution in [-0.2, 0) is 21.2 Å². The van der Waals surface area contributed by atoms with Crippen molar-refractivity contribution in [3.63, 3.8) is 0 Å². The molecule has 0 atom stereocenters. The van der Waals surface area contributed by atoms with Crippen molar-refractivity contribution in [1.29, 1.82) is 0 Å². The van der Waals surface area contributed by atoms with Crippen molar-refractivity contribution in [2.75, 3.05) is 5.32 Å². The molecule has 7 nitrogen and oxygen atoms in total. The van der Waals surface area contributed by atoms with Gasteiger partial charge in [-0.1, -0.05) is 11.6 Å². The average Bonchev–Trinajstić information content (AvgIpc) is 2.66. The van der Waals surface area contributed by atoms with Crippen LogP contribution in [-0.4, -0.2) is 24.1 Å². The molecule has 1 aromatic heterocycles. The number of nitrogens with one attached hydrogen (secondary N) is 1. The van der Waals surface area contributed by atoms with Crippen LogP contribution in [0.2, 0.25) is 5.02 Å². The van der Waals surface area contributed by atoms with Gasteiger partial charge in [-0.15, -0.1) is 0 Å². The normalized spacial score (nSPS) is 11.3. The molecule has 0 spiro atoms. The summed E-state index contributed by atoms with van der Waals surface area (Å²) >= 11 is 5.75. The molecule has 150 valence electrons. The fraction of sp³-hybridized carbons (Fsp3) is 0.0556. The third-order valence-corrected chi connectivity index (χ3v) is 5.65. The van der Waals surface area contributed by atoms with Crippen LogP contribution in [0.15, 0.2) is 69.3 Å². The van der Waals surface area contributed by atoms with E-state index < -0.39 is 44.5 Å². The van der Waals surface area contributed by atoms with Crippen LogP contribution in [0.5, 0.6) is 0 Å². The summed E-state index contributed by atoms with van der Waals surface area (Å²) in [7, 11) is -4.05. The number of hydrogen-bond donors (Lipinski definition) is 1. The molecular formula is C18H12ClF2N3O4S. The van der Waals surface area contributed by atoms with Crippen LogP contribution in [0.3, 0.4) is 0 Å². The Morgan fingerprint density at radius 3 is 2.38 bits per heavy atom. The van der Waals surface area contributed by atoms with Crippen LogP contribution in [0.4, 0.5) is 14.5 Å². The van der Waals surface area contributed by atoms with Crippen molar-refractivity contribution in [2.24, 2.45) is 0 Å². The highest BCUT2D eigenvalue weighted by Crippen LogP contribution is 2.20. The minimum atomic E-state index is -4.05. The lowest BCUT2D eigenvalue weighted by atomic mass is 10.3. The number of carbonyl (C=O) groups excluding carboxylic acids is 1. The maximum atomic E-state index is 13.2. The first-order valence-corrected chi connectivity index (χ1v) is 9.86. The Bertz CT molecular complexity index is 1240. The summed E-state index contributed by atoms with van der Waals surface area (Å²) in [6, 6.07) is 10.1. The van der Waals surface area contributed by atoms with Crippen molar-refractivity contribution >= 4 is 33.0 Å². The number of aromatic nitrogens is 2. The predicted octanol–water partition coefficient (Wildman–Crippen LogP) is 2.65. The minimum absolute atomic E-state index is 0.0353. The van der Waals surface area contributed by atoms with Crippen LogP contribution >= 0.6 is 11.6 Å². The van der Waals surface area contributed by atoms with Gasteiger partial charge in [0.25, 0.3) is 5.56 Å². The fourth-order valence-corrected chi connectivity index (χ4v) is 3.65. The van der Waals surface area contributed by atoms with Crippen LogP contribution < -0.4 is 10.9 Å². The zero-order valence-corrected chi connectivity index (χ0v) is 16.0. The van der Waals surface area contributed by atoms with Crippen LogP contribution in [0.1, 0.15) is 0 Å². The number of nitrogens with zero attached hydrogens (tertiary/aromatic N) is 2. The Morgan fingerprint density at radius 2 is 1.72 bits per heavy atom. The molecule has 0 saturated heterocycles. The van der Waals surface area contributed by atoms with E-state index in [9.17, 15) is 26.8 Å². The molecule has 2 aromatic carbocycles. The van der Waals surface area contributed by atoms with Crippen molar-refractivity contribution in [1.82, 2.24) is 9.78 Å². The van der Waals surface area contributed by atoms with Gasteiger partial charge in [0.05, 0.1) is 4.90 Å². The van der Waals surface area contributed by atoms with Crippen molar-refractivity contribution in [2.45, 2.75) is 16.5 Å². The van der Waals surface area contributed by atoms with Crippen LogP contribution in [0, 0.1) is 11.6 Å². The van der Waals surface area contributed by atoms with Crippen molar-refractivity contribution < 1.29 is 22.0 Å². The highest BCUT2D eigenvalue weighted by Gasteiger charge is 2.21. The van der Waals surface area contributed by atoms with E-state index >= 15 is 0 Å². The minimum Gasteiger partial charge on any atom is -0.324 e. The van der Waals surface area contributed by atoms with Crippen LogP contribution in [0.25, 0.3) is 0 Å². The van der Waals surface area contributed by atoms with E-state index in [0.29, 0.717) is 9.70 Å². The molecule has 1 N–H and O–H groups in total. The van der Waals surface area contributed by atoms with Gasteiger partial charge in [-0.2, -0.15) is 5.10 Å². The first-order chi connectivity index (χ1) is 13.7. The van der Waals surface area contributed by atoms with E-state index in [1.165, 1.54) is 24.3 Å². The molecule has 11 heteroatoms. The largest absolute Gasteiger partial charge is 0.324 e. The van der Waals surface area contributed by atoms with E-state index in [1.54, 1.807) is 0 Å². The molecule has 0 radical (unpaired) electrons. The molecule has 1 heterocycles. The molecule has 0 saturated carbocycles. The molecule has 0 aliphatic heterocycles. The van der Waals surface area contributed by atoms with Crippen molar-refractivity contribution in [3.8, 4) is 0 Å². The smallest absolute Gasteiger partial charge is 0.267 e. The lowest BCUT2D eigenvalue weighted by Gasteiger charge is -2.09. The number of sulfone groups is 1. The lowest BCUT2D eigenvalue weighted by molar-refractivity contribution is -0.117. The summed E-state index contributed by atoms with van der Waals surface area (Å²) in [5.74, 6) is -3.03. The third kappa shape index (κ3) is 4.66. The van der Waals surface area contributed by atoms with Gasteiger partial charge in [0.1, 0.15) is 6.54 Å². The standard InChI is InChI=1S/C18H12ClF2N3O4S/c19-11-1-4-13(5-2-11)29(27,28)17-7-8-18(26)24(23-17)10-16(25)22-12-3-6-14(20)15(21)9-12/h1-9H,10H2,(H,22,25). The zero-order chi connectivity index (χ0) is 21.2. The van der Waals surface area contributed by atoms with Gasteiger partial charge in [-0.25, -0.2) is 21.9 Å². The quantitative estimate of drug-likeness (QED) is 0.659. The van der Waals surface area contributed by atoms with Crippen molar-refractivity contribution in [3.05, 3.63) is 81.6 Å². The Hall–Kier alpha value is -3.11. The monoisotopic (exact) mass is 439 g/mol. The number of halogens is 3. The average molecular weight is 440 g/mol. The number of hydrogen-bond acceptors (Lipinski definition) is 5. The molecule has 3 rings (SSSR count). The Morgan fingerprint density at radius 1 is 1.03 bits per heavy atom. The Balaban J connectivity index is 1.85. The van der Waals surface area contributed by atoms with E-state index in [2.05, 4.69) is 10.4 Å². The molecule has 0 aliphatic carbocycles. The second-order valence-electron chi connectivity index (χ2n) is 5.80. The molecule has 0 bridgehead atoms. The molecule has 0 fully saturated rings. The maximum Gasteiger partial charge on any atom is 0.267 e. The second kappa shape index (κ2) is 8.10. The summed E-state index contributed by atoms with van der Waals surface area (Å²) in [4.78, 5) is 24.0. The van der Waals surface area contributed by atoms with Gasteiger partial charge in [-0.3, -0.25) is 9.59 Å². The highest BCUT2D eigenvalue weighted by atomic mass is 35.5. The van der Waals surface area contributed by atoms with E-state index in [0.717, 1.165) is 30.3 Å². The molecule has 0 aliphatic rings. The first-order valence-electron chi connectivity index (χ1n) is 8.00. The second-order valence-corrected chi connectivity index (χ2v) is 8.13. The number of carbonyl (C=O) groups is 1. The van der Waals surface area contributed by atoms with Gasteiger partial charge in [0.15, 0.2) is 16.7 Å². The molecule has 0 unspecified atom stereocenters. The predicted molar refractivity (Wildman–Crippen MR) is 100 cm³/mol. The summed E-state index contributed by atoms with van der Waals surface area (Å²) < 4.78 is 52.1. The Kier molecular flexibility index (Phi) is 5.76. The lowest BCUT2D eigenvalue weighted by Crippen LogP contribution is -2.30. The van der Waals surface area contributed by atoms with E-state index in [1.807, 2.05) is 0 Å².